The molecule has 1 atom stereocenters. The Morgan fingerprint density at radius 1 is 1.29 bits per heavy atom. The van der Waals surface area contributed by atoms with Gasteiger partial charge in [-0.05, 0) is 52.9 Å². The Kier molecular flexibility index (Phi) is 6.75. The zero-order valence-electron chi connectivity index (χ0n) is 15.7. The predicted molar refractivity (Wildman–Crippen MR) is 97.3 cm³/mol. The van der Waals surface area contributed by atoms with Crippen molar-refractivity contribution in [3.8, 4) is 0 Å². The smallest absolute Gasteiger partial charge is 0.407 e. The van der Waals surface area contributed by atoms with Gasteiger partial charge in [-0.15, -0.1) is 0 Å². The van der Waals surface area contributed by atoms with E-state index in [0.717, 1.165) is 44.5 Å². The van der Waals surface area contributed by atoms with Gasteiger partial charge in [0.25, 0.3) is 0 Å². The molecule has 1 unspecified atom stereocenters. The van der Waals surface area contributed by atoms with E-state index in [1.54, 1.807) is 0 Å². The molecule has 2 fully saturated rings. The highest BCUT2D eigenvalue weighted by Crippen LogP contribution is 2.33. The molecule has 1 aliphatic heterocycles. The van der Waals surface area contributed by atoms with Crippen molar-refractivity contribution in [1.29, 1.82) is 0 Å². The normalized spacial score (nSPS) is 21.8. The average Bonchev–Trinajstić information content (AvgIpc) is 3.18. The third kappa shape index (κ3) is 6.97. The Hall–Kier alpha value is -1.46. The van der Waals surface area contributed by atoms with Crippen LogP contribution in [0.5, 0.6) is 0 Å². The van der Waals surface area contributed by atoms with Crippen molar-refractivity contribution in [2.24, 2.45) is 10.9 Å². The maximum Gasteiger partial charge on any atom is 0.407 e. The second kappa shape index (κ2) is 8.58. The second-order valence-electron chi connectivity index (χ2n) is 7.90. The summed E-state index contributed by atoms with van der Waals surface area (Å²) in [6.07, 6.45) is 5.90. The van der Waals surface area contributed by atoms with E-state index in [-0.39, 0.29) is 12.1 Å². The van der Waals surface area contributed by atoms with Gasteiger partial charge in [0.15, 0.2) is 5.96 Å². The summed E-state index contributed by atoms with van der Waals surface area (Å²) in [6, 6.07) is 0.121. The minimum absolute atomic E-state index is 0.121. The number of carbonyl (C=O) groups excluding carboxylic acids is 1. The van der Waals surface area contributed by atoms with Crippen molar-refractivity contribution in [3.05, 3.63) is 0 Å². The van der Waals surface area contributed by atoms with Gasteiger partial charge in [0.1, 0.15) is 5.60 Å². The lowest BCUT2D eigenvalue weighted by atomic mass is 10.2. The van der Waals surface area contributed by atoms with E-state index < -0.39 is 5.60 Å². The second-order valence-corrected chi connectivity index (χ2v) is 7.90. The molecule has 2 rings (SSSR count). The van der Waals surface area contributed by atoms with Crippen LogP contribution in [0.25, 0.3) is 0 Å². The summed E-state index contributed by atoms with van der Waals surface area (Å²) in [5.74, 6) is 1.94. The molecule has 0 aromatic carbocycles. The van der Waals surface area contributed by atoms with Crippen LogP contribution in [0, 0.1) is 5.92 Å². The summed E-state index contributed by atoms with van der Waals surface area (Å²) < 4.78 is 5.34. The molecular formula is C18H34N4O2. The Balaban J connectivity index is 1.76. The molecular weight excluding hydrogens is 304 g/mol. The van der Waals surface area contributed by atoms with E-state index in [2.05, 4.69) is 22.5 Å². The summed E-state index contributed by atoms with van der Waals surface area (Å²) in [5.41, 5.74) is -0.458. The van der Waals surface area contributed by atoms with E-state index in [1.165, 1.54) is 25.7 Å². The molecule has 1 heterocycles. The largest absolute Gasteiger partial charge is 0.444 e. The maximum absolute atomic E-state index is 11.9. The van der Waals surface area contributed by atoms with Crippen LogP contribution in [0.4, 0.5) is 4.79 Å². The van der Waals surface area contributed by atoms with Crippen LogP contribution in [0.3, 0.4) is 0 Å². The molecule has 0 bridgehead atoms. The van der Waals surface area contributed by atoms with Gasteiger partial charge in [-0.2, -0.15) is 0 Å². The molecule has 0 radical (unpaired) electrons. The van der Waals surface area contributed by atoms with Crippen molar-refractivity contribution in [2.75, 3.05) is 26.2 Å². The van der Waals surface area contributed by atoms with Gasteiger partial charge in [-0.1, -0.05) is 12.8 Å². The quantitative estimate of drug-likeness (QED) is 0.444. The Morgan fingerprint density at radius 2 is 2.04 bits per heavy atom. The van der Waals surface area contributed by atoms with E-state index in [0.29, 0.717) is 0 Å². The first-order valence-corrected chi connectivity index (χ1v) is 9.40. The van der Waals surface area contributed by atoms with Crippen LogP contribution in [0.1, 0.15) is 59.8 Å². The molecule has 0 aromatic rings. The fourth-order valence-corrected chi connectivity index (χ4v) is 2.94. The van der Waals surface area contributed by atoms with Crippen LogP contribution in [0.2, 0.25) is 0 Å². The van der Waals surface area contributed by atoms with Crippen LogP contribution in [-0.2, 0) is 4.74 Å². The summed E-state index contributed by atoms with van der Waals surface area (Å²) in [7, 11) is 0. The molecule has 0 spiro atoms. The number of aliphatic imine (C=N–C) groups is 1. The molecule has 1 aliphatic carbocycles. The molecule has 1 saturated carbocycles. The topological polar surface area (TPSA) is 66.0 Å². The molecule has 6 nitrogen and oxygen atoms in total. The first-order chi connectivity index (χ1) is 11.4. The fraction of sp³-hybridized carbons (Fsp3) is 0.889. The van der Waals surface area contributed by atoms with Crippen molar-refractivity contribution in [3.63, 3.8) is 0 Å². The standard InChI is InChI=1S/C18H34N4O2/c1-5-19-16(20-11-6-7-14-8-9-14)22-12-10-15(13-22)21-17(23)24-18(2,3)4/h14-15H,5-13H2,1-4H3,(H,19,20)(H,21,23). The van der Waals surface area contributed by atoms with Crippen LogP contribution >= 0.6 is 0 Å². The van der Waals surface area contributed by atoms with Crippen LogP contribution in [0.15, 0.2) is 4.99 Å². The Labute approximate surface area is 146 Å². The number of hydrogen-bond donors (Lipinski definition) is 2. The van der Waals surface area contributed by atoms with Gasteiger partial charge in [0.2, 0.25) is 0 Å². The first-order valence-electron chi connectivity index (χ1n) is 9.40. The number of rotatable bonds is 6. The van der Waals surface area contributed by atoms with Crippen molar-refractivity contribution >= 4 is 12.1 Å². The molecule has 6 heteroatoms. The maximum atomic E-state index is 11.9. The summed E-state index contributed by atoms with van der Waals surface area (Å²) in [4.78, 5) is 18.9. The highest BCUT2D eigenvalue weighted by Gasteiger charge is 2.28. The van der Waals surface area contributed by atoms with E-state index in [9.17, 15) is 4.79 Å². The van der Waals surface area contributed by atoms with Gasteiger partial charge < -0.3 is 20.3 Å². The number of ether oxygens (including phenoxy) is 1. The lowest BCUT2D eigenvalue weighted by Gasteiger charge is -2.23. The molecule has 1 amide bonds. The van der Waals surface area contributed by atoms with E-state index >= 15 is 0 Å². The van der Waals surface area contributed by atoms with Crippen LogP contribution < -0.4 is 10.6 Å². The van der Waals surface area contributed by atoms with E-state index in [1.807, 2.05) is 20.8 Å². The molecule has 0 aromatic heterocycles. The molecule has 2 aliphatic rings. The summed E-state index contributed by atoms with van der Waals surface area (Å²) in [5, 5.41) is 6.34. The van der Waals surface area contributed by atoms with Crippen molar-refractivity contribution < 1.29 is 9.53 Å². The van der Waals surface area contributed by atoms with Gasteiger partial charge in [0, 0.05) is 26.2 Å². The van der Waals surface area contributed by atoms with Gasteiger partial charge in [-0.25, -0.2) is 4.79 Å². The molecule has 24 heavy (non-hydrogen) atoms. The number of hydrogen-bond acceptors (Lipinski definition) is 3. The first kappa shape index (κ1) is 18.9. The fourth-order valence-electron chi connectivity index (χ4n) is 2.94. The minimum Gasteiger partial charge on any atom is -0.444 e. The zero-order valence-corrected chi connectivity index (χ0v) is 15.7. The van der Waals surface area contributed by atoms with Crippen LogP contribution in [-0.4, -0.2) is 54.8 Å². The number of carbonyl (C=O) groups is 1. The van der Waals surface area contributed by atoms with Crippen molar-refractivity contribution in [2.45, 2.75) is 71.4 Å². The zero-order chi connectivity index (χ0) is 17.6. The van der Waals surface area contributed by atoms with Gasteiger partial charge in [0.05, 0.1) is 6.04 Å². The highest BCUT2D eigenvalue weighted by molar-refractivity contribution is 5.80. The number of likely N-dealkylation sites (tertiary alicyclic amines) is 1. The Bertz CT molecular complexity index is 441. The highest BCUT2D eigenvalue weighted by atomic mass is 16.6. The number of amides is 1. The number of guanidine groups is 1. The monoisotopic (exact) mass is 338 g/mol. The average molecular weight is 338 g/mol. The number of alkyl carbamates (subject to hydrolysis) is 1. The number of nitrogens with one attached hydrogen (secondary N) is 2. The SMILES string of the molecule is CCNC(=NCCCC1CC1)N1CCC(NC(=O)OC(C)(C)C)C1. The minimum atomic E-state index is -0.458. The summed E-state index contributed by atoms with van der Waals surface area (Å²) in [6.45, 7) is 11.2. The lowest BCUT2D eigenvalue weighted by molar-refractivity contribution is 0.0507. The Morgan fingerprint density at radius 3 is 2.67 bits per heavy atom. The lowest BCUT2D eigenvalue weighted by Crippen LogP contribution is -2.44. The van der Waals surface area contributed by atoms with Crippen molar-refractivity contribution in [1.82, 2.24) is 15.5 Å². The third-order valence-electron chi connectivity index (χ3n) is 4.27. The summed E-state index contributed by atoms with van der Waals surface area (Å²) >= 11 is 0. The number of nitrogens with zero attached hydrogens (tertiary/aromatic N) is 2. The van der Waals surface area contributed by atoms with Gasteiger partial charge in [-0.3, -0.25) is 4.99 Å². The molecule has 1 saturated heterocycles. The van der Waals surface area contributed by atoms with E-state index in [4.69, 9.17) is 9.73 Å². The molecule has 2 N–H and O–H groups in total. The molecule has 138 valence electrons. The predicted octanol–water partition coefficient (Wildman–Crippen LogP) is 2.74. The van der Waals surface area contributed by atoms with Gasteiger partial charge >= 0.3 is 6.09 Å². The third-order valence-corrected chi connectivity index (χ3v) is 4.27.